The van der Waals surface area contributed by atoms with Gasteiger partial charge in [0.15, 0.2) is 0 Å². The van der Waals surface area contributed by atoms with Gasteiger partial charge in [0.05, 0.1) is 4.90 Å². The molecule has 5 nitrogen and oxygen atoms in total. The fourth-order valence-electron chi connectivity index (χ4n) is 3.45. The first kappa shape index (κ1) is 16.7. The molecular weight excluding hydrogens is 358 g/mol. The van der Waals surface area contributed by atoms with Gasteiger partial charge in [0, 0.05) is 49.1 Å². The van der Waals surface area contributed by atoms with Crippen LogP contribution in [0.2, 0.25) is 5.02 Å². The number of hydrogen-bond acceptors (Lipinski definition) is 4. The van der Waals surface area contributed by atoms with E-state index in [1.54, 1.807) is 10.4 Å². The summed E-state index contributed by atoms with van der Waals surface area (Å²) in [6, 6.07) is 13.1. The van der Waals surface area contributed by atoms with Crippen molar-refractivity contribution in [1.82, 2.24) is 4.31 Å². The second-order valence-corrected chi connectivity index (χ2v) is 8.74. The molecule has 0 bridgehead atoms. The number of rotatable bonds is 3. The van der Waals surface area contributed by atoms with Crippen LogP contribution in [0.5, 0.6) is 0 Å². The molecule has 0 unspecified atom stereocenters. The first-order chi connectivity index (χ1) is 12.0. The molecule has 0 amide bonds. The quantitative estimate of drug-likeness (QED) is 0.893. The van der Waals surface area contributed by atoms with Crippen molar-refractivity contribution in [2.75, 3.05) is 42.9 Å². The predicted molar refractivity (Wildman–Crippen MR) is 101 cm³/mol. The van der Waals surface area contributed by atoms with Gasteiger partial charge in [0.2, 0.25) is 10.0 Å². The van der Waals surface area contributed by atoms with Crippen molar-refractivity contribution in [2.45, 2.75) is 11.3 Å². The van der Waals surface area contributed by atoms with E-state index in [4.69, 9.17) is 11.6 Å². The highest BCUT2D eigenvalue weighted by atomic mass is 35.5. The zero-order valence-corrected chi connectivity index (χ0v) is 15.4. The minimum atomic E-state index is -3.44. The van der Waals surface area contributed by atoms with Crippen molar-refractivity contribution in [3.05, 3.63) is 53.1 Å². The number of benzene rings is 2. The Bertz CT molecular complexity index is 893. The standard InChI is InChI=1S/C18H20ClN3O2S/c19-15-2-1-3-16(13-15)21-8-10-22(11-9-21)25(23,24)17-4-5-18-14(12-17)6-7-20-18/h1-5,12-13,20H,6-11H2. The molecule has 1 saturated heterocycles. The SMILES string of the molecule is O=S(=O)(c1ccc2c(c1)CCN2)N1CCN(c2cccc(Cl)c2)CC1. The lowest BCUT2D eigenvalue weighted by atomic mass is 10.2. The molecule has 1 N–H and O–H groups in total. The Balaban J connectivity index is 1.50. The van der Waals surface area contributed by atoms with Crippen molar-refractivity contribution < 1.29 is 8.42 Å². The van der Waals surface area contributed by atoms with Crippen LogP contribution in [0.4, 0.5) is 11.4 Å². The molecule has 132 valence electrons. The van der Waals surface area contributed by atoms with Crippen molar-refractivity contribution in [2.24, 2.45) is 0 Å². The zero-order chi connectivity index (χ0) is 17.4. The van der Waals surface area contributed by atoms with Crippen LogP contribution in [0.25, 0.3) is 0 Å². The summed E-state index contributed by atoms with van der Waals surface area (Å²) in [5.74, 6) is 0. The number of anilines is 2. The summed E-state index contributed by atoms with van der Waals surface area (Å²) in [4.78, 5) is 2.57. The van der Waals surface area contributed by atoms with E-state index < -0.39 is 10.0 Å². The molecule has 0 atom stereocenters. The summed E-state index contributed by atoms with van der Waals surface area (Å²) in [5, 5.41) is 3.95. The molecule has 2 aliphatic heterocycles. The first-order valence-corrected chi connectivity index (χ1v) is 10.2. The summed E-state index contributed by atoms with van der Waals surface area (Å²) in [7, 11) is -3.44. The molecule has 0 saturated carbocycles. The van der Waals surface area contributed by atoms with E-state index >= 15 is 0 Å². The number of piperazine rings is 1. The van der Waals surface area contributed by atoms with E-state index in [1.165, 1.54) is 0 Å². The van der Waals surface area contributed by atoms with Gasteiger partial charge >= 0.3 is 0 Å². The maximum Gasteiger partial charge on any atom is 0.243 e. The maximum atomic E-state index is 13.0. The lowest BCUT2D eigenvalue weighted by molar-refractivity contribution is 0.385. The highest BCUT2D eigenvalue weighted by molar-refractivity contribution is 7.89. The van der Waals surface area contributed by atoms with E-state index in [9.17, 15) is 8.42 Å². The van der Waals surface area contributed by atoms with Gasteiger partial charge in [-0.15, -0.1) is 0 Å². The molecule has 2 heterocycles. The Morgan fingerprint density at radius 2 is 1.80 bits per heavy atom. The average Bonchev–Trinajstić information content (AvgIpc) is 3.09. The van der Waals surface area contributed by atoms with E-state index in [0.717, 1.165) is 29.9 Å². The molecule has 0 radical (unpaired) electrons. The molecule has 2 aromatic carbocycles. The Labute approximate surface area is 153 Å². The summed E-state index contributed by atoms with van der Waals surface area (Å²) in [5.41, 5.74) is 3.16. The molecule has 0 spiro atoms. The molecular formula is C18H20ClN3O2S. The van der Waals surface area contributed by atoms with Crippen LogP contribution < -0.4 is 10.2 Å². The summed E-state index contributed by atoms with van der Waals surface area (Å²) < 4.78 is 27.5. The van der Waals surface area contributed by atoms with Crippen LogP contribution in [-0.2, 0) is 16.4 Å². The number of fused-ring (bicyclic) bond motifs is 1. The van der Waals surface area contributed by atoms with Gasteiger partial charge in [0.1, 0.15) is 0 Å². The van der Waals surface area contributed by atoms with E-state index in [2.05, 4.69) is 10.2 Å². The summed E-state index contributed by atoms with van der Waals surface area (Å²) >= 11 is 6.05. The third-order valence-electron chi connectivity index (χ3n) is 4.84. The van der Waals surface area contributed by atoms with Crippen molar-refractivity contribution in [1.29, 1.82) is 0 Å². The van der Waals surface area contributed by atoms with Gasteiger partial charge in [0.25, 0.3) is 0 Å². The van der Waals surface area contributed by atoms with E-state index in [-0.39, 0.29) is 0 Å². The lowest BCUT2D eigenvalue weighted by Gasteiger charge is -2.35. The van der Waals surface area contributed by atoms with Crippen molar-refractivity contribution in [3.8, 4) is 0 Å². The number of nitrogens with one attached hydrogen (secondary N) is 1. The average molecular weight is 378 g/mol. The molecule has 2 aromatic rings. The van der Waals surface area contributed by atoms with Gasteiger partial charge in [-0.25, -0.2) is 8.42 Å². The second-order valence-electron chi connectivity index (χ2n) is 6.37. The van der Waals surface area contributed by atoms with Gasteiger partial charge in [-0.2, -0.15) is 4.31 Å². The molecule has 7 heteroatoms. The topological polar surface area (TPSA) is 52.7 Å². The van der Waals surface area contributed by atoms with Crippen LogP contribution in [-0.4, -0.2) is 45.4 Å². The Kier molecular flexibility index (Phi) is 4.35. The summed E-state index contributed by atoms with van der Waals surface area (Å²) in [6.45, 7) is 3.14. The number of hydrogen-bond donors (Lipinski definition) is 1. The fourth-order valence-corrected chi connectivity index (χ4v) is 5.11. The molecule has 4 rings (SSSR count). The van der Waals surface area contributed by atoms with Gasteiger partial charge < -0.3 is 10.2 Å². The minimum absolute atomic E-state index is 0.395. The molecule has 0 aliphatic carbocycles. The number of halogens is 1. The zero-order valence-electron chi connectivity index (χ0n) is 13.8. The highest BCUT2D eigenvalue weighted by Gasteiger charge is 2.29. The maximum absolute atomic E-state index is 13.0. The lowest BCUT2D eigenvalue weighted by Crippen LogP contribution is -2.48. The smallest absolute Gasteiger partial charge is 0.243 e. The molecule has 25 heavy (non-hydrogen) atoms. The van der Waals surface area contributed by atoms with Crippen molar-refractivity contribution >= 4 is 33.0 Å². The number of nitrogens with zero attached hydrogens (tertiary/aromatic N) is 2. The van der Waals surface area contributed by atoms with Gasteiger partial charge in [-0.3, -0.25) is 0 Å². The summed E-state index contributed by atoms with van der Waals surface area (Å²) in [6.07, 6.45) is 0.876. The third-order valence-corrected chi connectivity index (χ3v) is 6.97. The monoisotopic (exact) mass is 377 g/mol. The van der Waals surface area contributed by atoms with Crippen LogP contribution in [0.15, 0.2) is 47.4 Å². The van der Waals surface area contributed by atoms with Crippen LogP contribution in [0, 0.1) is 0 Å². The van der Waals surface area contributed by atoms with Crippen LogP contribution >= 0.6 is 11.6 Å². The van der Waals surface area contributed by atoms with Crippen LogP contribution in [0.3, 0.4) is 0 Å². The van der Waals surface area contributed by atoms with Crippen LogP contribution in [0.1, 0.15) is 5.56 Å². The minimum Gasteiger partial charge on any atom is -0.384 e. The highest BCUT2D eigenvalue weighted by Crippen LogP contribution is 2.28. The molecule has 2 aliphatic rings. The van der Waals surface area contributed by atoms with E-state index in [0.29, 0.717) is 36.1 Å². The van der Waals surface area contributed by atoms with Crippen molar-refractivity contribution in [3.63, 3.8) is 0 Å². The molecule has 1 fully saturated rings. The number of sulfonamides is 1. The third kappa shape index (κ3) is 3.21. The van der Waals surface area contributed by atoms with E-state index in [1.807, 2.05) is 36.4 Å². The first-order valence-electron chi connectivity index (χ1n) is 8.41. The van der Waals surface area contributed by atoms with Gasteiger partial charge in [-0.1, -0.05) is 17.7 Å². The Morgan fingerprint density at radius 3 is 2.56 bits per heavy atom. The normalized spacial score (nSPS) is 18.0. The largest absolute Gasteiger partial charge is 0.384 e. The Morgan fingerprint density at radius 1 is 1.00 bits per heavy atom. The Hall–Kier alpha value is -1.76. The second kappa shape index (κ2) is 6.52. The molecule has 0 aromatic heterocycles. The van der Waals surface area contributed by atoms with Gasteiger partial charge in [-0.05, 0) is 48.4 Å². The predicted octanol–water partition coefficient (Wildman–Crippen LogP) is 2.82. The fraction of sp³-hybridized carbons (Fsp3) is 0.333.